The van der Waals surface area contributed by atoms with Crippen molar-refractivity contribution in [3.05, 3.63) is 89.2 Å². The van der Waals surface area contributed by atoms with Gasteiger partial charge < -0.3 is 24.5 Å². The van der Waals surface area contributed by atoms with E-state index in [0.29, 0.717) is 22.5 Å². The lowest BCUT2D eigenvalue weighted by Gasteiger charge is -2.15. The number of rotatable bonds is 0. The molecule has 2 N–H and O–H groups in total. The topological polar surface area (TPSA) is 163 Å². The first kappa shape index (κ1) is 27.2. The van der Waals surface area contributed by atoms with Gasteiger partial charge in [0, 0.05) is 0 Å². The molecular formula is C29H25N5O7. The zero-order valence-electron chi connectivity index (χ0n) is 22.1. The second kappa shape index (κ2) is 11.8. The Labute approximate surface area is 234 Å². The Kier molecular flexibility index (Phi) is 7.81. The van der Waals surface area contributed by atoms with E-state index >= 15 is 0 Å². The lowest BCUT2D eigenvalue weighted by molar-refractivity contribution is -0.147. The minimum Gasteiger partial charge on any atom is -0.458 e. The standard InChI is InChI=1S/C29H25N5O7/c1-16-28(37)39-14-18-8-7-9-19(32-18)15-40-29(38)17(2)31-25(36)21-11-4-6-13-23(21)27-34-33-26(41-27)22-12-5-3-10-20(22)24(35)30-16/h3-13,16-17H,14-15H2,1-2H3,(H,30,35)(H,31,36)/t16-,17?/m0/s1. The highest BCUT2D eigenvalue weighted by Gasteiger charge is 2.25. The Morgan fingerprint density at radius 2 is 1.02 bits per heavy atom. The Morgan fingerprint density at radius 1 is 0.610 bits per heavy atom. The number of carbonyl (C=O) groups excluding carboxylic acids is 4. The highest BCUT2D eigenvalue weighted by Crippen LogP contribution is 2.28. The van der Waals surface area contributed by atoms with Gasteiger partial charge in [-0.2, -0.15) is 0 Å². The van der Waals surface area contributed by atoms with Crippen molar-refractivity contribution in [2.75, 3.05) is 0 Å². The van der Waals surface area contributed by atoms with Gasteiger partial charge in [-0.05, 0) is 50.2 Å². The van der Waals surface area contributed by atoms with E-state index in [-0.39, 0.29) is 36.1 Å². The third kappa shape index (κ3) is 6.11. The smallest absolute Gasteiger partial charge is 0.328 e. The summed E-state index contributed by atoms with van der Waals surface area (Å²) < 4.78 is 16.6. The van der Waals surface area contributed by atoms with E-state index in [0.717, 1.165) is 0 Å². The lowest BCUT2D eigenvalue weighted by atomic mass is 10.1. The minimum atomic E-state index is -0.984. The fourth-order valence-corrected chi connectivity index (χ4v) is 4.07. The maximum atomic E-state index is 13.2. The summed E-state index contributed by atoms with van der Waals surface area (Å²) in [6, 6.07) is 16.1. The van der Waals surface area contributed by atoms with Crippen molar-refractivity contribution in [1.29, 1.82) is 0 Å². The Balaban J connectivity index is 1.51. The molecule has 12 nitrogen and oxygen atoms in total. The summed E-state index contributed by atoms with van der Waals surface area (Å²) in [6.07, 6.45) is 0. The van der Waals surface area contributed by atoms with Crippen LogP contribution < -0.4 is 10.6 Å². The summed E-state index contributed by atoms with van der Waals surface area (Å²) in [4.78, 5) is 55.9. The van der Waals surface area contributed by atoms with Crippen LogP contribution in [-0.4, -0.2) is 51.0 Å². The summed E-state index contributed by atoms with van der Waals surface area (Å²) >= 11 is 0. The monoisotopic (exact) mass is 555 g/mol. The van der Waals surface area contributed by atoms with Crippen LogP contribution in [0.15, 0.2) is 71.1 Å². The molecule has 4 aromatic rings. The first-order valence-electron chi connectivity index (χ1n) is 12.7. The van der Waals surface area contributed by atoms with Gasteiger partial charge in [0.2, 0.25) is 11.8 Å². The quantitative estimate of drug-likeness (QED) is 0.309. The molecule has 3 heterocycles. The molecule has 2 atom stereocenters. The molecule has 0 aliphatic carbocycles. The number of ether oxygens (including phenoxy) is 2. The molecule has 12 heteroatoms. The molecule has 41 heavy (non-hydrogen) atoms. The number of amides is 2. The summed E-state index contributed by atoms with van der Waals surface area (Å²) in [5, 5.41) is 13.4. The predicted molar refractivity (Wildman–Crippen MR) is 143 cm³/mol. The fourth-order valence-electron chi connectivity index (χ4n) is 4.07. The number of fused-ring (bicyclic) bond motifs is 8. The van der Waals surface area contributed by atoms with Crippen LogP contribution in [0.4, 0.5) is 0 Å². The number of nitrogens with one attached hydrogen (secondary N) is 2. The molecule has 2 aromatic heterocycles. The fraction of sp³-hybridized carbons (Fsp3) is 0.207. The van der Waals surface area contributed by atoms with Crippen molar-refractivity contribution in [3.8, 4) is 22.9 Å². The third-order valence-electron chi connectivity index (χ3n) is 6.22. The summed E-state index contributed by atoms with van der Waals surface area (Å²) in [7, 11) is 0. The number of nitrogens with zero attached hydrogens (tertiary/aromatic N) is 3. The molecule has 2 amide bonds. The van der Waals surface area contributed by atoms with E-state index in [4.69, 9.17) is 13.9 Å². The Bertz CT molecular complexity index is 1520. The molecular weight excluding hydrogens is 530 g/mol. The van der Waals surface area contributed by atoms with Crippen LogP contribution in [0, 0.1) is 0 Å². The molecule has 4 bridgehead atoms. The maximum absolute atomic E-state index is 13.2. The number of cyclic esters (lactones) is 2. The summed E-state index contributed by atoms with van der Waals surface area (Å²) in [5.41, 5.74) is 1.87. The minimum absolute atomic E-state index is 0.0289. The second-order valence-corrected chi connectivity index (χ2v) is 9.23. The first-order valence-corrected chi connectivity index (χ1v) is 12.7. The van der Waals surface area contributed by atoms with Crippen molar-refractivity contribution >= 4 is 23.8 Å². The average Bonchev–Trinajstić information content (AvgIpc) is 3.48. The van der Waals surface area contributed by atoms with Crippen molar-refractivity contribution in [2.24, 2.45) is 0 Å². The van der Waals surface area contributed by atoms with Gasteiger partial charge in [0.15, 0.2) is 0 Å². The lowest BCUT2D eigenvalue weighted by Crippen LogP contribution is -2.39. The van der Waals surface area contributed by atoms with Gasteiger partial charge in [-0.25, -0.2) is 9.59 Å². The van der Waals surface area contributed by atoms with E-state index in [2.05, 4.69) is 25.8 Å². The average molecular weight is 556 g/mol. The van der Waals surface area contributed by atoms with Gasteiger partial charge in [-0.1, -0.05) is 30.3 Å². The highest BCUT2D eigenvalue weighted by molar-refractivity contribution is 6.02. The van der Waals surface area contributed by atoms with Crippen LogP contribution >= 0.6 is 0 Å². The van der Waals surface area contributed by atoms with E-state index in [9.17, 15) is 19.2 Å². The van der Waals surface area contributed by atoms with Gasteiger partial charge in [-0.15, -0.1) is 10.2 Å². The first-order chi connectivity index (χ1) is 19.8. The van der Waals surface area contributed by atoms with Crippen LogP contribution in [0.3, 0.4) is 0 Å². The van der Waals surface area contributed by atoms with Crippen LogP contribution in [0.5, 0.6) is 0 Å². The molecule has 1 unspecified atom stereocenters. The van der Waals surface area contributed by atoms with E-state index < -0.39 is 35.8 Å². The number of carbonyl (C=O) groups is 4. The van der Waals surface area contributed by atoms with Crippen LogP contribution in [0.1, 0.15) is 46.0 Å². The van der Waals surface area contributed by atoms with Crippen LogP contribution in [-0.2, 0) is 32.3 Å². The Morgan fingerprint density at radius 3 is 1.46 bits per heavy atom. The molecule has 2 aromatic carbocycles. The van der Waals surface area contributed by atoms with Gasteiger partial charge in [0.05, 0.1) is 33.6 Å². The molecule has 0 saturated carbocycles. The van der Waals surface area contributed by atoms with Crippen molar-refractivity contribution < 1.29 is 33.1 Å². The van der Waals surface area contributed by atoms with Crippen molar-refractivity contribution in [3.63, 3.8) is 0 Å². The van der Waals surface area contributed by atoms with Gasteiger partial charge in [0.25, 0.3) is 11.8 Å². The van der Waals surface area contributed by atoms with E-state index in [1.165, 1.54) is 13.8 Å². The molecule has 208 valence electrons. The molecule has 5 rings (SSSR count). The third-order valence-corrected chi connectivity index (χ3v) is 6.22. The molecule has 0 saturated heterocycles. The number of aromatic nitrogens is 3. The Hall–Kier alpha value is -5.39. The normalized spacial score (nSPS) is 18.3. The molecule has 0 spiro atoms. The highest BCUT2D eigenvalue weighted by atomic mass is 16.5. The summed E-state index contributed by atoms with van der Waals surface area (Å²) in [5.74, 6) is -2.39. The van der Waals surface area contributed by atoms with Gasteiger partial charge >= 0.3 is 11.9 Å². The van der Waals surface area contributed by atoms with Gasteiger partial charge in [0.1, 0.15) is 25.3 Å². The van der Waals surface area contributed by atoms with E-state index in [1.807, 2.05) is 0 Å². The predicted octanol–water partition coefficient (Wildman–Crippen LogP) is 2.84. The number of hydrogen-bond donors (Lipinski definition) is 2. The number of hydrogen-bond acceptors (Lipinski definition) is 10. The molecule has 1 aliphatic rings. The van der Waals surface area contributed by atoms with Crippen LogP contribution in [0.25, 0.3) is 22.9 Å². The second-order valence-electron chi connectivity index (χ2n) is 9.23. The summed E-state index contributed by atoms with van der Waals surface area (Å²) in [6.45, 7) is 2.68. The van der Waals surface area contributed by atoms with Crippen molar-refractivity contribution in [1.82, 2.24) is 25.8 Å². The zero-order valence-corrected chi connectivity index (χ0v) is 22.1. The number of pyridine rings is 1. The van der Waals surface area contributed by atoms with Crippen molar-refractivity contribution in [2.45, 2.75) is 39.1 Å². The molecule has 0 fully saturated rings. The number of benzene rings is 2. The SMILES string of the molecule is CC1NC(=O)c2ccccc2-c2nnc(o2)-c2ccccc2C(=O)N[C@@H](C)C(=O)OCc2cccc(n2)COC1=O. The van der Waals surface area contributed by atoms with Crippen LogP contribution in [0.2, 0.25) is 0 Å². The number of esters is 2. The molecule has 1 aliphatic heterocycles. The van der Waals surface area contributed by atoms with Gasteiger partial charge in [-0.3, -0.25) is 14.6 Å². The van der Waals surface area contributed by atoms with E-state index in [1.54, 1.807) is 66.7 Å². The zero-order chi connectivity index (χ0) is 28.9. The molecule has 0 radical (unpaired) electrons. The largest absolute Gasteiger partial charge is 0.458 e. The maximum Gasteiger partial charge on any atom is 0.328 e.